The first kappa shape index (κ1) is 17.6. The van der Waals surface area contributed by atoms with Crippen molar-refractivity contribution in [2.24, 2.45) is 14.1 Å². The number of carbonyl (C=O) groups is 2. The standard InChI is InChI=1S/C14H13BrN4O5/c1-18-10(4-12(21)19(2)14(18)23)17-11(20)7-24-13(22)8-3-9(15)6-16-5-8/h3-6H,7H2,1-2H3,(H,17,20). The summed E-state index contributed by atoms with van der Waals surface area (Å²) in [5, 5.41) is 2.35. The Hall–Kier alpha value is -2.75. The Labute approximate surface area is 144 Å². The first-order valence-electron chi connectivity index (χ1n) is 6.64. The molecule has 1 amide bonds. The van der Waals surface area contributed by atoms with E-state index < -0.39 is 29.7 Å². The highest BCUT2D eigenvalue weighted by Gasteiger charge is 2.13. The molecule has 0 aromatic carbocycles. The molecular weight excluding hydrogens is 384 g/mol. The Balaban J connectivity index is 2.03. The summed E-state index contributed by atoms with van der Waals surface area (Å²) in [5.74, 6) is -1.40. The van der Waals surface area contributed by atoms with Crippen molar-refractivity contribution in [3.63, 3.8) is 0 Å². The number of nitrogens with one attached hydrogen (secondary N) is 1. The quantitative estimate of drug-likeness (QED) is 0.729. The average molecular weight is 397 g/mol. The lowest BCUT2D eigenvalue weighted by Crippen LogP contribution is -2.38. The summed E-state index contributed by atoms with van der Waals surface area (Å²) in [6.07, 6.45) is 2.80. The van der Waals surface area contributed by atoms with Crippen LogP contribution >= 0.6 is 15.9 Å². The lowest BCUT2D eigenvalue weighted by atomic mass is 10.3. The normalized spacial score (nSPS) is 10.3. The van der Waals surface area contributed by atoms with Crippen LogP contribution < -0.4 is 16.6 Å². The Kier molecular flexibility index (Phi) is 5.29. The SMILES string of the molecule is Cn1c(NC(=O)COC(=O)c2cncc(Br)c2)cc(=O)n(C)c1=O. The van der Waals surface area contributed by atoms with Crippen molar-refractivity contribution >= 4 is 33.6 Å². The summed E-state index contributed by atoms with van der Waals surface area (Å²) in [5.41, 5.74) is -0.973. The number of rotatable bonds is 4. The molecule has 0 bridgehead atoms. The second-order valence-corrected chi connectivity index (χ2v) is 5.70. The van der Waals surface area contributed by atoms with E-state index in [1.807, 2.05) is 0 Å². The summed E-state index contributed by atoms with van der Waals surface area (Å²) >= 11 is 3.17. The molecule has 2 rings (SSSR count). The van der Waals surface area contributed by atoms with Gasteiger partial charge >= 0.3 is 11.7 Å². The van der Waals surface area contributed by atoms with Crippen molar-refractivity contribution in [1.82, 2.24) is 14.1 Å². The first-order chi connectivity index (χ1) is 11.3. The Morgan fingerprint density at radius 3 is 2.58 bits per heavy atom. The zero-order valence-electron chi connectivity index (χ0n) is 12.8. The molecule has 0 saturated heterocycles. The third kappa shape index (κ3) is 3.96. The van der Waals surface area contributed by atoms with Crippen LogP contribution in [0.2, 0.25) is 0 Å². The number of ether oxygens (including phenoxy) is 1. The molecule has 0 radical (unpaired) electrons. The fourth-order valence-corrected chi connectivity index (χ4v) is 2.13. The summed E-state index contributed by atoms with van der Waals surface area (Å²) < 4.78 is 7.45. The van der Waals surface area contributed by atoms with E-state index >= 15 is 0 Å². The number of halogens is 1. The molecule has 10 heteroatoms. The maximum Gasteiger partial charge on any atom is 0.340 e. The van der Waals surface area contributed by atoms with Crippen molar-refractivity contribution in [1.29, 1.82) is 0 Å². The Morgan fingerprint density at radius 2 is 1.92 bits per heavy atom. The summed E-state index contributed by atoms with van der Waals surface area (Å²) in [6.45, 7) is -0.575. The molecule has 0 atom stereocenters. The lowest BCUT2D eigenvalue weighted by molar-refractivity contribution is -0.119. The van der Waals surface area contributed by atoms with Crippen molar-refractivity contribution < 1.29 is 14.3 Å². The van der Waals surface area contributed by atoms with E-state index in [9.17, 15) is 19.2 Å². The van der Waals surface area contributed by atoms with Crippen LogP contribution in [0.5, 0.6) is 0 Å². The van der Waals surface area contributed by atoms with E-state index in [4.69, 9.17) is 4.74 Å². The van der Waals surface area contributed by atoms with Crippen LogP contribution in [0.15, 0.2) is 38.6 Å². The van der Waals surface area contributed by atoms with Crippen LogP contribution in [0, 0.1) is 0 Å². The number of nitrogens with zero attached hydrogens (tertiary/aromatic N) is 3. The molecule has 2 heterocycles. The van der Waals surface area contributed by atoms with Gasteiger partial charge in [0.2, 0.25) is 0 Å². The minimum absolute atomic E-state index is 0.00766. The molecule has 2 aromatic rings. The molecular formula is C14H13BrN4O5. The molecule has 0 aliphatic rings. The van der Waals surface area contributed by atoms with Gasteiger partial charge in [-0.1, -0.05) is 0 Å². The number of anilines is 1. The van der Waals surface area contributed by atoms with Crippen molar-refractivity contribution in [3.05, 3.63) is 55.4 Å². The minimum Gasteiger partial charge on any atom is -0.452 e. The number of hydrogen-bond acceptors (Lipinski definition) is 6. The van der Waals surface area contributed by atoms with Crippen molar-refractivity contribution in [2.45, 2.75) is 0 Å². The van der Waals surface area contributed by atoms with Crippen LogP contribution in [0.25, 0.3) is 0 Å². The van der Waals surface area contributed by atoms with Gasteiger partial charge < -0.3 is 10.1 Å². The number of aromatic nitrogens is 3. The van der Waals surface area contributed by atoms with Gasteiger partial charge in [-0.25, -0.2) is 9.59 Å². The van der Waals surface area contributed by atoms with Gasteiger partial charge in [0, 0.05) is 37.0 Å². The molecule has 0 aliphatic carbocycles. The monoisotopic (exact) mass is 396 g/mol. The highest BCUT2D eigenvalue weighted by Crippen LogP contribution is 2.10. The molecule has 0 aliphatic heterocycles. The zero-order chi connectivity index (χ0) is 17.9. The van der Waals surface area contributed by atoms with Crippen LogP contribution in [0.3, 0.4) is 0 Å². The van der Waals surface area contributed by atoms with E-state index in [1.54, 1.807) is 0 Å². The topological polar surface area (TPSA) is 112 Å². The van der Waals surface area contributed by atoms with Gasteiger partial charge in [0.1, 0.15) is 5.82 Å². The molecule has 24 heavy (non-hydrogen) atoms. The molecule has 9 nitrogen and oxygen atoms in total. The van der Waals surface area contributed by atoms with Crippen molar-refractivity contribution in [3.8, 4) is 0 Å². The highest BCUT2D eigenvalue weighted by atomic mass is 79.9. The van der Waals surface area contributed by atoms with Gasteiger partial charge in [-0.05, 0) is 22.0 Å². The summed E-state index contributed by atoms with van der Waals surface area (Å²) in [7, 11) is 2.72. The largest absolute Gasteiger partial charge is 0.452 e. The maximum atomic E-state index is 11.8. The molecule has 0 unspecified atom stereocenters. The smallest absolute Gasteiger partial charge is 0.340 e. The molecule has 126 valence electrons. The lowest BCUT2D eigenvalue weighted by Gasteiger charge is -2.11. The van der Waals surface area contributed by atoms with Gasteiger partial charge in [0.25, 0.3) is 11.5 Å². The molecule has 1 N–H and O–H groups in total. The maximum absolute atomic E-state index is 11.8. The predicted molar refractivity (Wildman–Crippen MR) is 87.8 cm³/mol. The summed E-state index contributed by atoms with van der Waals surface area (Å²) in [4.78, 5) is 50.8. The van der Waals surface area contributed by atoms with Crippen LogP contribution in [-0.2, 0) is 23.6 Å². The van der Waals surface area contributed by atoms with Gasteiger partial charge in [0.05, 0.1) is 5.56 Å². The highest BCUT2D eigenvalue weighted by molar-refractivity contribution is 9.10. The number of carbonyl (C=O) groups excluding carboxylic acids is 2. The van der Waals surface area contributed by atoms with E-state index in [1.165, 1.54) is 32.6 Å². The van der Waals surface area contributed by atoms with Crippen LogP contribution in [0.1, 0.15) is 10.4 Å². The first-order valence-corrected chi connectivity index (χ1v) is 7.43. The zero-order valence-corrected chi connectivity index (χ0v) is 14.4. The van der Waals surface area contributed by atoms with Crippen LogP contribution in [0.4, 0.5) is 5.82 Å². The second kappa shape index (κ2) is 7.21. The fraction of sp³-hybridized carbons (Fsp3) is 0.214. The molecule has 0 saturated carbocycles. The van der Waals surface area contributed by atoms with E-state index in [0.29, 0.717) is 4.47 Å². The van der Waals surface area contributed by atoms with Gasteiger partial charge in [0.15, 0.2) is 6.61 Å². The molecule has 0 fully saturated rings. The Bertz CT molecular complexity index is 918. The Morgan fingerprint density at radius 1 is 1.21 bits per heavy atom. The number of hydrogen-bond donors (Lipinski definition) is 1. The average Bonchev–Trinajstić information content (AvgIpc) is 2.55. The number of esters is 1. The molecule has 0 spiro atoms. The third-order valence-electron chi connectivity index (χ3n) is 3.07. The summed E-state index contributed by atoms with van der Waals surface area (Å²) in [6, 6.07) is 2.59. The number of amides is 1. The van der Waals surface area contributed by atoms with E-state index in [-0.39, 0.29) is 11.4 Å². The van der Waals surface area contributed by atoms with Crippen molar-refractivity contribution in [2.75, 3.05) is 11.9 Å². The minimum atomic E-state index is -0.725. The van der Waals surface area contributed by atoms with Crippen LogP contribution in [-0.4, -0.2) is 32.6 Å². The predicted octanol–water partition coefficient (Wildman–Crippen LogP) is 0.0370. The van der Waals surface area contributed by atoms with Gasteiger partial charge in [-0.2, -0.15) is 0 Å². The van der Waals surface area contributed by atoms with E-state index in [2.05, 4.69) is 26.2 Å². The molecule has 2 aromatic heterocycles. The van der Waals surface area contributed by atoms with E-state index in [0.717, 1.165) is 15.2 Å². The van der Waals surface area contributed by atoms with Gasteiger partial charge in [-0.15, -0.1) is 0 Å². The second-order valence-electron chi connectivity index (χ2n) is 4.78. The van der Waals surface area contributed by atoms with Gasteiger partial charge in [-0.3, -0.25) is 23.7 Å². The third-order valence-corrected chi connectivity index (χ3v) is 3.50. The fourth-order valence-electron chi connectivity index (χ4n) is 1.77. The number of pyridine rings is 1.